The van der Waals surface area contributed by atoms with Crippen LogP contribution in [0.3, 0.4) is 0 Å². The molecule has 7 N–H and O–H groups in total. The van der Waals surface area contributed by atoms with Gasteiger partial charge in [0.15, 0.2) is 5.95 Å². The zero-order chi connectivity index (χ0) is 11.6. The molecule has 14 heavy (non-hydrogen) atoms. The Bertz CT molecular complexity index is 238. The summed E-state index contributed by atoms with van der Waals surface area (Å²) < 4.78 is 0. The molecule has 0 unspecified atom stereocenters. The van der Waals surface area contributed by atoms with Crippen molar-refractivity contribution in [3.05, 3.63) is 12.4 Å². The van der Waals surface area contributed by atoms with Crippen molar-refractivity contribution in [3.63, 3.8) is 0 Å². The number of nitrogens with two attached hydrogens (primary N) is 1. The summed E-state index contributed by atoms with van der Waals surface area (Å²) in [6.45, 7) is 0. The molecule has 0 aliphatic rings. The number of anilines is 1. The van der Waals surface area contributed by atoms with Gasteiger partial charge in [0, 0.05) is 12.4 Å². The van der Waals surface area contributed by atoms with Gasteiger partial charge in [-0.15, -0.1) is 0 Å². The van der Waals surface area contributed by atoms with Crippen LogP contribution < -0.4 is 5.73 Å². The molecule has 1 aromatic heterocycles. The van der Waals surface area contributed by atoms with Crippen molar-refractivity contribution < 1.29 is 30.0 Å². The van der Waals surface area contributed by atoms with Gasteiger partial charge in [-0.25, -0.2) is 14.6 Å². The number of nitrogens with zero attached hydrogens (tertiary/aromatic N) is 1. The Morgan fingerprint density at radius 2 is 1.57 bits per heavy atom. The minimum Gasteiger partial charge on any atom is -0.450 e. The summed E-state index contributed by atoms with van der Waals surface area (Å²) in [4.78, 5) is 23.4. The van der Waals surface area contributed by atoms with Crippen LogP contribution in [0.2, 0.25) is 0 Å². The lowest BCUT2D eigenvalue weighted by molar-refractivity contribution is 0.135. The van der Waals surface area contributed by atoms with Crippen LogP contribution in [0.5, 0.6) is 0 Å². The van der Waals surface area contributed by atoms with Gasteiger partial charge in [-0.1, -0.05) is 0 Å². The molecule has 1 heterocycles. The number of carbonyl (C=O) groups is 2. The first kappa shape index (κ1) is 14.1. The number of hydrogen-bond acceptors (Lipinski definition) is 4. The van der Waals surface area contributed by atoms with E-state index in [4.69, 9.17) is 35.7 Å². The molecule has 0 aromatic carbocycles. The molecule has 0 aliphatic carbocycles. The molecule has 1 rings (SSSR count). The molecule has 1 aromatic rings. The number of H-pyrrole nitrogens is 1. The van der Waals surface area contributed by atoms with Crippen LogP contribution in [-0.2, 0) is 0 Å². The van der Waals surface area contributed by atoms with E-state index in [1.807, 2.05) is 0 Å². The van der Waals surface area contributed by atoms with Crippen LogP contribution in [-0.4, -0.2) is 42.7 Å². The zero-order valence-electron chi connectivity index (χ0n) is 6.78. The van der Waals surface area contributed by atoms with Crippen molar-refractivity contribution in [2.75, 3.05) is 5.73 Å². The van der Waals surface area contributed by atoms with E-state index in [1.54, 1.807) is 12.4 Å². The first-order valence-electron chi connectivity index (χ1n) is 2.95. The lowest BCUT2D eigenvalue weighted by Gasteiger charge is -1.70. The molecular formula is C5H9N3O6. The molecule has 0 fully saturated rings. The highest BCUT2D eigenvalue weighted by Gasteiger charge is 1.74. The summed E-state index contributed by atoms with van der Waals surface area (Å²) in [5.74, 6) is 0.468. The standard InChI is InChI=1S/C3H5N3.2CH2O3/c4-3-5-1-2-6-3;2*2-1(3)4/h1-2H,(H3,4,5,6);2*(H2,2,3,4). The van der Waals surface area contributed by atoms with E-state index in [2.05, 4.69) is 9.97 Å². The predicted molar refractivity (Wildman–Crippen MR) is 44.3 cm³/mol. The summed E-state index contributed by atoms with van der Waals surface area (Å²) in [5.41, 5.74) is 5.11. The minimum absolute atomic E-state index is 0.468. The highest BCUT2D eigenvalue weighted by atomic mass is 16.6. The summed E-state index contributed by atoms with van der Waals surface area (Å²) in [6, 6.07) is 0. The highest BCUT2D eigenvalue weighted by molar-refractivity contribution is 5.53. The van der Waals surface area contributed by atoms with Gasteiger partial charge in [0.1, 0.15) is 0 Å². The van der Waals surface area contributed by atoms with Crippen LogP contribution >= 0.6 is 0 Å². The quantitative estimate of drug-likeness (QED) is 0.355. The number of nitrogens with one attached hydrogen (secondary N) is 1. The molecule has 0 spiro atoms. The van der Waals surface area contributed by atoms with Gasteiger partial charge in [0.05, 0.1) is 0 Å². The van der Waals surface area contributed by atoms with E-state index in [0.717, 1.165) is 0 Å². The number of hydrogen-bond donors (Lipinski definition) is 6. The maximum Gasteiger partial charge on any atom is 0.503 e. The average molecular weight is 207 g/mol. The lowest BCUT2D eigenvalue weighted by atomic mass is 11.0. The summed E-state index contributed by atoms with van der Waals surface area (Å²) in [7, 11) is 0. The van der Waals surface area contributed by atoms with Gasteiger partial charge in [0.25, 0.3) is 0 Å². The number of imidazole rings is 1. The fourth-order valence-corrected chi connectivity index (χ4v) is 0.277. The van der Waals surface area contributed by atoms with E-state index in [-0.39, 0.29) is 0 Å². The van der Waals surface area contributed by atoms with Gasteiger partial charge in [-0.3, -0.25) is 0 Å². The topological polar surface area (TPSA) is 170 Å². The van der Waals surface area contributed by atoms with Crippen LogP contribution in [0.1, 0.15) is 0 Å². The fourth-order valence-electron chi connectivity index (χ4n) is 0.277. The second kappa shape index (κ2) is 8.64. The smallest absolute Gasteiger partial charge is 0.450 e. The third-order valence-corrected chi connectivity index (χ3v) is 0.519. The molecule has 9 nitrogen and oxygen atoms in total. The number of aromatic amines is 1. The molecule has 80 valence electrons. The Balaban J connectivity index is 0. The number of nitrogen functional groups attached to an aromatic ring is 1. The van der Waals surface area contributed by atoms with E-state index in [0.29, 0.717) is 5.95 Å². The van der Waals surface area contributed by atoms with Crippen molar-refractivity contribution in [2.45, 2.75) is 0 Å². The minimum atomic E-state index is -1.83. The molecular weight excluding hydrogens is 198 g/mol. The zero-order valence-corrected chi connectivity index (χ0v) is 6.78. The van der Waals surface area contributed by atoms with Crippen LogP contribution in [0, 0.1) is 0 Å². The molecule has 9 heteroatoms. The summed E-state index contributed by atoms with van der Waals surface area (Å²) in [6.07, 6.45) is -0.384. The second-order valence-corrected chi connectivity index (χ2v) is 1.54. The third kappa shape index (κ3) is 33.7. The third-order valence-electron chi connectivity index (χ3n) is 0.519. The van der Waals surface area contributed by atoms with Gasteiger partial charge in [-0.05, 0) is 0 Å². The summed E-state index contributed by atoms with van der Waals surface area (Å²) >= 11 is 0. The monoisotopic (exact) mass is 207 g/mol. The molecule has 0 aliphatic heterocycles. The van der Waals surface area contributed by atoms with E-state index < -0.39 is 12.3 Å². The predicted octanol–water partition coefficient (Wildman–Crippen LogP) is 0.437. The molecule has 0 bridgehead atoms. The van der Waals surface area contributed by atoms with Crippen molar-refractivity contribution in [2.24, 2.45) is 0 Å². The first-order chi connectivity index (χ1) is 6.36. The lowest BCUT2D eigenvalue weighted by Crippen LogP contribution is -1.83. The van der Waals surface area contributed by atoms with Crippen LogP contribution in [0.25, 0.3) is 0 Å². The summed E-state index contributed by atoms with van der Waals surface area (Å²) in [5, 5.41) is 27.9. The molecule has 0 saturated carbocycles. The van der Waals surface area contributed by atoms with Crippen molar-refractivity contribution in [1.29, 1.82) is 0 Å². The molecule has 0 radical (unpaired) electrons. The SMILES string of the molecule is Nc1ncc[nH]1.O=C(O)O.O=C(O)O. The average Bonchev–Trinajstić information content (AvgIpc) is 2.36. The van der Waals surface area contributed by atoms with E-state index in [9.17, 15) is 0 Å². The van der Waals surface area contributed by atoms with Crippen molar-refractivity contribution in [1.82, 2.24) is 9.97 Å². The number of carboxylic acid groups (broad SMARTS) is 4. The van der Waals surface area contributed by atoms with Gasteiger partial charge in [0.2, 0.25) is 0 Å². The molecule has 0 amide bonds. The Morgan fingerprint density at radius 3 is 1.64 bits per heavy atom. The Labute approximate surface area is 77.4 Å². The maximum atomic E-state index is 8.56. The van der Waals surface area contributed by atoms with E-state index in [1.165, 1.54) is 0 Å². The van der Waals surface area contributed by atoms with E-state index >= 15 is 0 Å². The highest BCUT2D eigenvalue weighted by Crippen LogP contribution is 1.81. The number of aromatic nitrogens is 2. The largest absolute Gasteiger partial charge is 0.503 e. The van der Waals surface area contributed by atoms with Crippen LogP contribution in [0.4, 0.5) is 15.5 Å². The van der Waals surface area contributed by atoms with Crippen molar-refractivity contribution in [3.8, 4) is 0 Å². The van der Waals surface area contributed by atoms with Gasteiger partial charge >= 0.3 is 12.3 Å². The van der Waals surface area contributed by atoms with Gasteiger partial charge < -0.3 is 31.1 Å². The maximum absolute atomic E-state index is 8.56. The molecule has 0 atom stereocenters. The Morgan fingerprint density at radius 1 is 1.21 bits per heavy atom. The molecule has 0 saturated heterocycles. The second-order valence-electron chi connectivity index (χ2n) is 1.54. The Hall–Kier alpha value is -2.45. The van der Waals surface area contributed by atoms with Crippen LogP contribution in [0.15, 0.2) is 12.4 Å². The van der Waals surface area contributed by atoms with Crippen molar-refractivity contribution >= 4 is 18.3 Å². The normalized spacial score (nSPS) is 7.14. The fraction of sp³-hybridized carbons (Fsp3) is 0. The number of rotatable bonds is 0. The van der Waals surface area contributed by atoms with Gasteiger partial charge in [-0.2, -0.15) is 0 Å². The first-order valence-corrected chi connectivity index (χ1v) is 2.95. The Kier molecular flexibility index (Phi) is 8.70.